The van der Waals surface area contributed by atoms with Gasteiger partial charge >= 0.3 is 0 Å². The van der Waals surface area contributed by atoms with Crippen LogP contribution in [0.25, 0.3) is 0 Å². The van der Waals surface area contributed by atoms with E-state index in [2.05, 4.69) is 6.58 Å². The second-order valence-electron chi connectivity index (χ2n) is 2.87. The molecule has 0 aliphatic carbocycles. The maximum Gasteiger partial charge on any atom is 0.159 e. The van der Waals surface area contributed by atoms with Crippen LogP contribution in [0.3, 0.4) is 0 Å². The number of hydrogen-bond donors (Lipinski definition) is 0. The minimum atomic E-state index is -0.673. The minimum Gasteiger partial charge on any atom is -0.295 e. The molecule has 0 aliphatic heterocycles. The SMILES string of the molecule is C=C(Cl)/C(F)=C\C(C(C)=O)=C(C)C. The van der Waals surface area contributed by atoms with Crippen molar-refractivity contribution in [2.75, 3.05) is 0 Å². The lowest BCUT2D eigenvalue weighted by molar-refractivity contribution is -0.113. The summed E-state index contributed by atoms with van der Waals surface area (Å²) >= 11 is 5.31. The van der Waals surface area contributed by atoms with Crippen LogP contribution in [0.2, 0.25) is 0 Å². The number of halogens is 2. The van der Waals surface area contributed by atoms with Gasteiger partial charge < -0.3 is 0 Å². The van der Waals surface area contributed by atoms with Gasteiger partial charge in [-0.25, -0.2) is 4.39 Å². The van der Waals surface area contributed by atoms with E-state index in [-0.39, 0.29) is 10.8 Å². The summed E-state index contributed by atoms with van der Waals surface area (Å²) in [6, 6.07) is 0. The number of Topliss-reactive ketones (excluding diaryl/α,β-unsaturated/α-hetero) is 1. The highest BCUT2D eigenvalue weighted by molar-refractivity contribution is 6.31. The van der Waals surface area contributed by atoms with Gasteiger partial charge in [0.25, 0.3) is 0 Å². The molecule has 0 radical (unpaired) electrons. The fourth-order valence-electron chi connectivity index (χ4n) is 0.803. The first-order valence-electron chi connectivity index (χ1n) is 3.76. The van der Waals surface area contributed by atoms with E-state index in [1.807, 2.05) is 0 Å². The molecular weight excluding hydrogens is 191 g/mol. The van der Waals surface area contributed by atoms with Gasteiger partial charge in [0.1, 0.15) is 5.83 Å². The lowest BCUT2D eigenvalue weighted by atomic mass is 10.1. The molecule has 72 valence electrons. The molecule has 0 aromatic heterocycles. The van der Waals surface area contributed by atoms with Gasteiger partial charge in [-0.1, -0.05) is 23.8 Å². The second kappa shape index (κ2) is 4.97. The van der Waals surface area contributed by atoms with Crippen molar-refractivity contribution in [1.82, 2.24) is 0 Å². The molecule has 3 heteroatoms. The lowest BCUT2D eigenvalue weighted by Gasteiger charge is -2.00. The summed E-state index contributed by atoms with van der Waals surface area (Å²) in [6.45, 7) is 8.06. The predicted octanol–water partition coefficient (Wildman–Crippen LogP) is 3.52. The Balaban J connectivity index is 5.06. The van der Waals surface area contributed by atoms with Crippen molar-refractivity contribution in [2.45, 2.75) is 20.8 Å². The lowest BCUT2D eigenvalue weighted by Crippen LogP contribution is -1.96. The van der Waals surface area contributed by atoms with Crippen LogP contribution in [0.15, 0.2) is 34.7 Å². The Hall–Kier alpha value is -0.890. The van der Waals surface area contributed by atoms with Crippen molar-refractivity contribution < 1.29 is 9.18 Å². The third-order valence-electron chi connectivity index (χ3n) is 1.45. The Morgan fingerprint density at radius 1 is 1.38 bits per heavy atom. The van der Waals surface area contributed by atoms with E-state index >= 15 is 0 Å². The summed E-state index contributed by atoms with van der Waals surface area (Å²) in [5, 5.41) is -0.194. The van der Waals surface area contributed by atoms with Gasteiger partial charge in [0, 0.05) is 5.57 Å². The molecule has 0 bridgehead atoms. The summed E-state index contributed by atoms with van der Waals surface area (Å²) in [4.78, 5) is 11.0. The highest BCUT2D eigenvalue weighted by Gasteiger charge is 2.06. The molecule has 0 saturated carbocycles. The highest BCUT2D eigenvalue weighted by Crippen LogP contribution is 2.18. The van der Waals surface area contributed by atoms with Gasteiger partial charge in [-0.3, -0.25) is 4.79 Å². The summed E-state index contributed by atoms with van der Waals surface area (Å²) in [7, 11) is 0. The first-order chi connectivity index (χ1) is 5.86. The van der Waals surface area contributed by atoms with Gasteiger partial charge in [0.05, 0.1) is 5.03 Å². The number of hydrogen-bond acceptors (Lipinski definition) is 1. The summed E-state index contributed by atoms with van der Waals surface area (Å²) in [5.41, 5.74) is 1.08. The zero-order chi connectivity index (χ0) is 10.6. The molecule has 0 saturated heterocycles. The number of ketones is 1. The smallest absolute Gasteiger partial charge is 0.159 e. The van der Waals surface area contributed by atoms with E-state index in [9.17, 15) is 9.18 Å². The van der Waals surface area contributed by atoms with E-state index < -0.39 is 5.83 Å². The molecule has 0 atom stereocenters. The average molecular weight is 203 g/mol. The van der Waals surface area contributed by atoms with Crippen LogP contribution in [-0.4, -0.2) is 5.78 Å². The number of rotatable bonds is 3. The van der Waals surface area contributed by atoms with Gasteiger partial charge in [0.2, 0.25) is 0 Å². The number of carbonyl (C=O) groups excluding carboxylic acids is 1. The first-order valence-corrected chi connectivity index (χ1v) is 4.14. The van der Waals surface area contributed by atoms with Crippen LogP contribution in [0.4, 0.5) is 4.39 Å². The minimum absolute atomic E-state index is 0.187. The van der Waals surface area contributed by atoms with Crippen molar-refractivity contribution >= 4 is 17.4 Å². The van der Waals surface area contributed by atoms with Crippen LogP contribution in [0.5, 0.6) is 0 Å². The van der Waals surface area contributed by atoms with Gasteiger partial charge in [0.15, 0.2) is 5.78 Å². The third kappa shape index (κ3) is 4.04. The van der Waals surface area contributed by atoms with Crippen molar-refractivity contribution in [3.8, 4) is 0 Å². The van der Waals surface area contributed by atoms with E-state index in [0.717, 1.165) is 11.6 Å². The standard InChI is InChI=1S/C10H12ClFO/c1-6(2)9(8(4)13)5-10(12)7(3)11/h5H,3H2,1-2,4H3/b10-5+. The molecule has 0 unspecified atom stereocenters. The Kier molecular flexibility index (Phi) is 4.63. The van der Waals surface area contributed by atoms with Gasteiger partial charge in [-0.2, -0.15) is 0 Å². The van der Waals surface area contributed by atoms with Crippen LogP contribution in [0.1, 0.15) is 20.8 Å². The Morgan fingerprint density at radius 3 is 2.08 bits per heavy atom. The van der Waals surface area contributed by atoms with Gasteiger partial charge in [-0.15, -0.1) is 0 Å². The molecule has 0 heterocycles. The normalized spacial score (nSPS) is 11.0. The quantitative estimate of drug-likeness (QED) is 0.506. The van der Waals surface area contributed by atoms with Crippen molar-refractivity contribution in [2.24, 2.45) is 0 Å². The molecule has 0 aromatic carbocycles. The second-order valence-corrected chi connectivity index (χ2v) is 3.32. The maximum absolute atomic E-state index is 12.9. The zero-order valence-electron chi connectivity index (χ0n) is 7.95. The molecule has 0 N–H and O–H groups in total. The molecule has 0 aromatic rings. The Morgan fingerprint density at radius 2 is 1.85 bits per heavy atom. The zero-order valence-corrected chi connectivity index (χ0v) is 8.70. The van der Waals surface area contributed by atoms with Crippen molar-refractivity contribution in [3.05, 3.63) is 34.7 Å². The molecule has 0 aliphatic rings. The highest BCUT2D eigenvalue weighted by atomic mass is 35.5. The summed E-state index contributed by atoms with van der Waals surface area (Å²) in [5.74, 6) is -0.860. The Bertz CT molecular complexity index is 296. The van der Waals surface area contributed by atoms with Crippen molar-refractivity contribution in [3.63, 3.8) is 0 Å². The Labute approximate surface area is 82.6 Å². The molecular formula is C10H12ClFO. The van der Waals surface area contributed by atoms with E-state index in [4.69, 9.17) is 11.6 Å². The first kappa shape index (κ1) is 12.1. The summed E-state index contributed by atoms with van der Waals surface area (Å²) in [6.07, 6.45) is 1.10. The van der Waals surface area contributed by atoms with Crippen LogP contribution in [-0.2, 0) is 4.79 Å². The fraction of sp³-hybridized carbons (Fsp3) is 0.300. The number of allylic oxidation sites excluding steroid dienone is 5. The topological polar surface area (TPSA) is 17.1 Å². The molecule has 0 fully saturated rings. The van der Waals surface area contributed by atoms with Crippen LogP contribution < -0.4 is 0 Å². The number of carbonyl (C=O) groups is 1. The average Bonchev–Trinajstić information content (AvgIpc) is 1.97. The van der Waals surface area contributed by atoms with E-state index in [0.29, 0.717) is 5.57 Å². The van der Waals surface area contributed by atoms with Gasteiger partial charge in [-0.05, 0) is 26.8 Å². The molecule has 1 nitrogen and oxygen atoms in total. The van der Waals surface area contributed by atoms with Crippen molar-refractivity contribution in [1.29, 1.82) is 0 Å². The molecule has 13 heavy (non-hydrogen) atoms. The molecule has 0 rings (SSSR count). The largest absolute Gasteiger partial charge is 0.295 e. The molecule has 0 amide bonds. The van der Waals surface area contributed by atoms with Crippen LogP contribution >= 0.6 is 11.6 Å². The third-order valence-corrected chi connectivity index (χ3v) is 1.63. The summed E-state index contributed by atoms with van der Waals surface area (Å²) < 4.78 is 12.9. The predicted molar refractivity (Wildman–Crippen MR) is 53.2 cm³/mol. The maximum atomic E-state index is 12.9. The van der Waals surface area contributed by atoms with E-state index in [1.165, 1.54) is 6.92 Å². The fourth-order valence-corrected chi connectivity index (χ4v) is 0.858. The monoisotopic (exact) mass is 202 g/mol. The molecule has 0 spiro atoms. The van der Waals surface area contributed by atoms with Crippen LogP contribution in [0, 0.1) is 0 Å². The van der Waals surface area contributed by atoms with E-state index in [1.54, 1.807) is 13.8 Å².